The number of nitrogens with two attached hydrogens (primary N) is 5. The molecule has 16 heteroatoms. The molecule has 15 N–H and O–H groups in total. The van der Waals surface area contributed by atoms with Crippen LogP contribution >= 0.6 is 0 Å². The summed E-state index contributed by atoms with van der Waals surface area (Å²) in [5.74, 6) is -4.46. The van der Waals surface area contributed by atoms with Crippen LogP contribution in [0.4, 0.5) is 0 Å². The Kier molecular flexibility index (Phi) is 15.9. The average molecular weight is 594 g/mol. The zero-order valence-electron chi connectivity index (χ0n) is 23.5. The third-order valence-corrected chi connectivity index (χ3v) is 6.19. The lowest BCUT2D eigenvalue weighted by Gasteiger charge is -2.25. The van der Waals surface area contributed by atoms with Gasteiger partial charge in [0.2, 0.25) is 23.6 Å². The van der Waals surface area contributed by atoms with Gasteiger partial charge >= 0.3 is 5.97 Å². The van der Waals surface area contributed by atoms with E-state index in [-0.39, 0.29) is 43.9 Å². The van der Waals surface area contributed by atoms with Gasteiger partial charge in [-0.1, -0.05) is 18.6 Å². The molecule has 1 aromatic carbocycles. The summed E-state index contributed by atoms with van der Waals surface area (Å²) in [7, 11) is 0. The van der Waals surface area contributed by atoms with Crippen molar-refractivity contribution in [1.29, 1.82) is 0 Å². The van der Waals surface area contributed by atoms with Gasteiger partial charge in [0.1, 0.15) is 23.9 Å². The van der Waals surface area contributed by atoms with Crippen molar-refractivity contribution >= 4 is 35.6 Å². The first-order valence-corrected chi connectivity index (χ1v) is 13.5. The Hall–Kier alpha value is -4.44. The average Bonchev–Trinajstić information content (AvgIpc) is 2.92. The molecular formula is C26H43N9O7. The minimum atomic E-state index is -1.45. The van der Waals surface area contributed by atoms with Gasteiger partial charge in [0, 0.05) is 19.4 Å². The van der Waals surface area contributed by atoms with E-state index in [9.17, 15) is 34.2 Å². The second-order valence-electron chi connectivity index (χ2n) is 9.74. The number of nitrogens with zero attached hydrogens (tertiary/aromatic N) is 1. The number of carbonyl (C=O) groups excluding carboxylic acids is 4. The quantitative estimate of drug-likeness (QED) is 0.0419. The Bertz CT molecular complexity index is 1080. The molecule has 1 rings (SSSR count). The molecule has 0 aliphatic heterocycles. The number of aliphatic imine (C=N–C) groups is 1. The molecule has 0 aliphatic carbocycles. The van der Waals surface area contributed by atoms with E-state index in [0.29, 0.717) is 37.8 Å². The van der Waals surface area contributed by atoms with E-state index < -0.39 is 53.8 Å². The number of primary amides is 1. The molecule has 0 aliphatic rings. The van der Waals surface area contributed by atoms with Crippen molar-refractivity contribution in [2.45, 2.75) is 75.5 Å². The van der Waals surface area contributed by atoms with E-state index in [2.05, 4.69) is 20.9 Å². The number of hydrogen-bond donors (Lipinski definition) is 10. The van der Waals surface area contributed by atoms with Crippen LogP contribution in [0.25, 0.3) is 0 Å². The maximum absolute atomic E-state index is 13.4. The van der Waals surface area contributed by atoms with E-state index >= 15 is 0 Å². The molecule has 16 nitrogen and oxygen atoms in total. The number of benzene rings is 1. The maximum atomic E-state index is 13.4. The van der Waals surface area contributed by atoms with Crippen molar-refractivity contribution in [1.82, 2.24) is 16.0 Å². The number of carboxylic acids is 1. The second-order valence-corrected chi connectivity index (χ2v) is 9.74. The normalized spacial score (nSPS) is 13.6. The Morgan fingerprint density at radius 3 is 1.95 bits per heavy atom. The molecule has 0 spiro atoms. The van der Waals surface area contributed by atoms with Gasteiger partial charge in [0.05, 0.1) is 6.04 Å². The summed E-state index contributed by atoms with van der Waals surface area (Å²) in [6, 6.07) is 1.04. The summed E-state index contributed by atoms with van der Waals surface area (Å²) in [6.07, 6.45) is 1.38. The number of unbranched alkanes of at least 4 members (excludes halogenated alkanes) is 1. The standard InChI is InChI=1S/C26H43N9O7/c27-12-2-1-4-17(28)22(38)33-18(5-3-13-32-26(30)31)23(39)35-20(14-15-6-8-16(36)9-7-15)24(40)34-19(25(41)42)10-11-21(29)37/h6-9,17-20,36H,1-5,10-14,27-28H2,(H2,29,37)(H,33,38)(H,34,40)(H,35,39)(H,41,42)(H4,30,31,32). The van der Waals surface area contributed by atoms with Crippen molar-refractivity contribution in [2.75, 3.05) is 13.1 Å². The number of nitrogens with one attached hydrogen (secondary N) is 3. The predicted octanol–water partition coefficient (Wildman–Crippen LogP) is -2.75. The zero-order chi connectivity index (χ0) is 31.7. The number of amides is 4. The molecule has 0 fully saturated rings. The van der Waals surface area contributed by atoms with Gasteiger partial charge in [-0.3, -0.25) is 24.2 Å². The lowest BCUT2D eigenvalue weighted by atomic mass is 10.0. The fraction of sp³-hybridized carbons (Fsp3) is 0.538. The first-order valence-electron chi connectivity index (χ1n) is 13.5. The number of phenolic OH excluding ortho intramolecular Hbond substituents is 1. The monoisotopic (exact) mass is 593 g/mol. The van der Waals surface area contributed by atoms with Crippen LogP contribution in [0, 0.1) is 0 Å². The Labute approximate surface area is 243 Å². The molecule has 0 saturated heterocycles. The zero-order valence-corrected chi connectivity index (χ0v) is 23.5. The number of rotatable bonds is 20. The topological polar surface area (TPSA) is 304 Å². The highest BCUT2D eigenvalue weighted by molar-refractivity contribution is 5.94. The number of carbonyl (C=O) groups is 5. The molecule has 4 amide bonds. The smallest absolute Gasteiger partial charge is 0.326 e. The van der Waals surface area contributed by atoms with Crippen LogP contribution in [0.1, 0.15) is 50.5 Å². The summed E-state index contributed by atoms with van der Waals surface area (Å²) in [5.41, 5.74) is 27.8. The SMILES string of the molecule is NCCCCC(N)C(=O)NC(CCCN=C(N)N)C(=O)NC(Cc1ccc(O)cc1)C(=O)NC(CCC(N)=O)C(=O)O. The van der Waals surface area contributed by atoms with E-state index in [1.165, 1.54) is 24.3 Å². The molecule has 4 unspecified atom stereocenters. The summed E-state index contributed by atoms with van der Waals surface area (Å²) in [5, 5.41) is 26.6. The van der Waals surface area contributed by atoms with Crippen molar-refractivity contribution in [2.24, 2.45) is 33.7 Å². The minimum Gasteiger partial charge on any atom is -0.508 e. The molecule has 0 radical (unpaired) electrons. The third kappa shape index (κ3) is 14.3. The molecule has 0 bridgehead atoms. The van der Waals surface area contributed by atoms with Crippen LogP contribution in [0.15, 0.2) is 29.3 Å². The number of hydrogen-bond acceptors (Lipinski definition) is 9. The van der Waals surface area contributed by atoms with Crippen molar-refractivity contribution in [3.63, 3.8) is 0 Å². The molecule has 0 saturated carbocycles. The maximum Gasteiger partial charge on any atom is 0.326 e. The molecule has 1 aromatic rings. The van der Waals surface area contributed by atoms with Crippen LogP contribution in [-0.2, 0) is 30.4 Å². The Morgan fingerprint density at radius 1 is 0.786 bits per heavy atom. The van der Waals surface area contributed by atoms with Crippen LogP contribution < -0.4 is 44.6 Å². The Balaban J connectivity index is 3.17. The summed E-state index contributed by atoms with van der Waals surface area (Å²) in [6.45, 7) is 0.613. The number of guanidine groups is 1. The molecule has 4 atom stereocenters. The van der Waals surface area contributed by atoms with E-state index in [4.69, 9.17) is 28.7 Å². The third-order valence-electron chi connectivity index (χ3n) is 6.19. The highest BCUT2D eigenvalue weighted by atomic mass is 16.4. The summed E-state index contributed by atoms with van der Waals surface area (Å²) < 4.78 is 0. The number of carboxylic acid groups (broad SMARTS) is 1. The molecular weight excluding hydrogens is 550 g/mol. The first kappa shape index (κ1) is 35.6. The lowest BCUT2D eigenvalue weighted by Crippen LogP contribution is -2.57. The molecule has 42 heavy (non-hydrogen) atoms. The van der Waals surface area contributed by atoms with Crippen molar-refractivity contribution in [3.8, 4) is 5.75 Å². The number of aliphatic carboxylic acids is 1. The number of phenols is 1. The van der Waals surface area contributed by atoms with Gasteiger partial charge in [-0.2, -0.15) is 0 Å². The molecule has 0 aromatic heterocycles. The Morgan fingerprint density at radius 2 is 1.38 bits per heavy atom. The van der Waals surface area contributed by atoms with Gasteiger partial charge in [-0.05, 0) is 56.3 Å². The van der Waals surface area contributed by atoms with Gasteiger partial charge in [-0.15, -0.1) is 0 Å². The van der Waals surface area contributed by atoms with E-state index in [1.807, 2.05) is 0 Å². The van der Waals surface area contributed by atoms with Crippen molar-refractivity contribution in [3.05, 3.63) is 29.8 Å². The summed E-state index contributed by atoms with van der Waals surface area (Å²) in [4.78, 5) is 66.1. The lowest BCUT2D eigenvalue weighted by molar-refractivity contribution is -0.142. The largest absolute Gasteiger partial charge is 0.508 e. The predicted molar refractivity (Wildman–Crippen MR) is 154 cm³/mol. The van der Waals surface area contributed by atoms with Gasteiger partial charge in [0.15, 0.2) is 5.96 Å². The highest BCUT2D eigenvalue weighted by Gasteiger charge is 2.30. The van der Waals surface area contributed by atoms with Gasteiger partial charge in [0.25, 0.3) is 0 Å². The van der Waals surface area contributed by atoms with E-state index in [0.717, 1.165) is 0 Å². The van der Waals surface area contributed by atoms with Crippen LogP contribution in [0.5, 0.6) is 5.75 Å². The minimum absolute atomic E-state index is 0.0208. The van der Waals surface area contributed by atoms with Crippen LogP contribution in [0.3, 0.4) is 0 Å². The van der Waals surface area contributed by atoms with Gasteiger partial charge in [-0.25, -0.2) is 4.79 Å². The van der Waals surface area contributed by atoms with Crippen molar-refractivity contribution < 1.29 is 34.2 Å². The van der Waals surface area contributed by atoms with Gasteiger partial charge < -0.3 is 54.8 Å². The fourth-order valence-corrected chi connectivity index (χ4v) is 3.86. The van der Waals surface area contributed by atoms with Crippen LogP contribution in [-0.4, -0.2) is 83.0 Å². The molecule has 234 valence electrons. The van der Waals surface area contributed by atoms with E-state index in [1.54, 1.807) is 0 Å². The number of aromatic hydroxyl groups is 1. The second kappa shape index (κ2) is 18.8. The summed E-state index contributed by atoms with van der Waals surface area (Å²) >= 11 is 0. The van der Waals surface area contributed by atoms with Crippen LogP contribution in [0.2, 0.25) is 0 Å². The highest BCUT2D eigenvalue weighted by Crippen LogP contribution is 2.13. The first-order chi connectivity index (χ1) is 19.8. The fourth-order valence-electron chi connectivity index (χ4n) is 3.86. The molecule has 0 heterocycles.